The van der Waals surface area contributed by atoms with Gasteiger partial charge in [-0.05, 0) is 51.3 Å². The second-order valence-corrected chi connectivity index (χ2v) is 8.29. The van der Waals surface area contributed by atoms with Gasteiger partial charge in [0.2, 0.25) is 0 Å². The fourth-order valence-corrected chi connectivity index (χ4v) is 5.87. The zero-order valence-electron chi connectivity index (χ0n) is 12.8. The first-order valence-electron chi connectivity index (χ1n) is 7.82. The Morgan fingerprint density at radius 1 is 1.27 bits per heavy atom. The molecule has 4 nitrogen and oxygen atoms in total. The molecule has 2 atom stereocenters. The second kappa shape index (κ2) is 5.32. The zero-order valence-corrected chi connectivity index (χ0v) is 14.4. The van der Waals surface area contributed by atoms with Crippen LogP contribution in [0.5, 0.6) is 0 Å². The van der Waals surface area contributed by atoms with Gasteiger partial charge in [0.25, 0.3) is 0 Å². The first-order valence-corrected chi connectivity index (χ1v) is 9.08. The number of fused-ring (bicyclic) bond motifs is 3. The number of aryl methyl sites for hydroxylation is 1. The number of imidazole rings is 1. The molecule has 2 unspecified atom stereocenters. The molecule has 2 saturated heterocycles. The number of halogens is 1. The fourth-order valence-electron chi connectivity index (χ4n) is 4.02. The van der Waals surface area contributed by atoms with Crippen LogP contribution in [-0.4, -0.2) is 39.2 Å². The number of benzene rings is 1. The van der Waals surface area contributed by atoms with Crippen LogP contribution in [0.25, 0.3) is 11.0 Å². The highest BCUT2D eigenvalue weighted by molar-refractivity contribution is 8.00. The van der Waals surface area contributed by atoms with Crippen molar-refractivity contribution in [2.45, 2.75) is 54.8 Å². The van der Waals surface area contributed by atoms with Gasteiger partial charge in [-0.15, -0.1) is 11.8 Å². The van der Waals surface area contributed by atoms with Gasteiger partial charge in [-0.25, -0.2) is 4.79 Å². The number of thioether (sulfide) groups is 1. The van der Waals surface area contributed by atoms with Crippen LogP contribution in [-0.2, 0) is 0 Å². The van der Waals surface area contributed by atoms with Crippen LogP contribution in [0.1, 0.15) is 31.2 Å². The molecule has 6 heteroatoms. The summed E-state index contributed by atoms with van der Waals surface area (Å²) in [5, 5.41) is 1.30. The molecule has 0 spiro atoms. The lowest BCUT2D eigenvalue weighted by Crippen LogP contribution is -2.40. The monoisotopic (exact) mass is 337 g/mol. The van der Waals surface area contributed by atoms with Gasteiger partial charge in [-0.1, -0.05) is 11.6 Å². The lowest BCUT2D eigenvalue weighted by atomic mass is 10.0. The second-order valence-electron chi connectivity index (χ2n) is 6.60. The largest absolute Gasteiger partial charge is 0.323 e. The van der Waals surface area contributed by atoms with Gasteiger partial charge in [-0.3, -0.25) is 0 Å². The number of piperidine rings is 1. The molecule has 2 aliphatic heterocycles. The van der Waals surface area contributed by atoms with Crippen molar-refractivity contribution in [1.82, 2.24) is 14.9 Å². The Morgan fingerprint density at radius 2 is 1.95 bits per heavy atom. The topological polar surface area (TPSA) is 51.9 Å². The molecule has 2 bridgehead atoms. The maximum atomic E-state index is 11.5. The molecule has 0 aliphatic carbocycles. The SMILES string of the molecule is Cc1cc2[nH]c(=O)[nH]c2c(Cl)c1SC1CC2CCC(C1)N2C. The van der Waals surface area contributed by atoms with Crippen molar-refractivity contribution in [3.63, 3.8) is 0 Å². The van der Waals surface area contributed by atoms with Crippen molar-refractivity contribution in [2.75, 3.05) is 7.05 Å². The average molecular weight is 338 g/mol. The predicted octanol–water partition coefficient (Wildman–Crippen LogP) is 3.54. The van der Waals surface area contributed by atoms with Crippen molar-refractivity contribution in [3.8, 4) is 0 Å². The summed E-state index contributed by atoms with van der Waals surface area (Å²) in [6.07, 6.45) is 5.12. The highest BCUT2D eigenvalue weighted by Crippen LogP contribution is 2.44. The van der Waals surface area contributed by atoms with Gasteiger partial charge in [-0.2, -0.15) is 0 Å². The molecular weight excluding hydrogens is 318 g/mol. The van der Waals surface area contributed by atoms with E-state index in [2.05, 4.69) is 28.8 Å². The molecule has 4 rings (SSSR count). The van der Waals surface area contributed by atoms with Crippen molar-refractivity contribution in [2.24, 2.45) is 0 Å². The highest BCUT2D eigenvalue weighted by Gasteiger charge is 2.39. The number of nitrogens with one attached hydrogen (secondary N) is 2. The van der Waals surface area contributed by atoms with E-state index < -0.39 is 0 Å². The molecule has 1 aromatic heterocycles. The van der Waals surface area contributed by atoms with E-state index >= 15 is 0 Å². The summed E-state index contributed by atoms with van der Waals surface area (Å²) in [5.41, 5.74) is 2.47. The van der Waals surface area contributed by atoms with Gasteiger partial charge < -0.3 is 14.9 Å². The number of nitrogens with zero attached hydrogens (tertiary/aromatic N) is 1. The summed E-state index contributed by atoms with van der Waals surface area (Å²) in [5.74, 6) is 0. The van der Waals surface area contributed by atoms with Crippen LogP contribution >= 0.6 is 23.4 Å². The van der Waals surface area contributed by atoms with Crippen LogP contribution in [0.15, 0.2) is 15.8 Å². The van der Waals surface area contributed by atoms with Crippen molar-refractivity contribution >= 4 is 34.4 Å². The summed E-state index contributed by atoms with van der Waals surface area (Å²) in [6, 6.07) is 3.47. The Kier molecular flexibility index (Phi) is 3.55. The number of H-pyrrole nitrogens is 2. The van der Waals surface area contributed by atoms with Crippen LogP contribution in [0.2, 0.25) is 5.02 Å². The van der Waals surface area contributed by atoms with E-state index in [1.165, 1.54) is 25.7 Å². The third kappa shape index (κ3) is 2.30. The average Bonchev–Trinajstić information content (AvgIpc) is 2.91. The quantitative estimate of drug-likeness (QED) is 0.881. The Bertz CT molecular complexity index is 770. The van der Waals surface area contributed by atoms with Crippen LogP contribution in [0, 0.1) is 6.92 Å². The number of rotatable bonds is 2. The molecular formula is C16H20ClN3OS. The molecule has 0 radical (unpaired) electrons. The van der Waals surface area contributed by atoms with Crippen molar-refractivity contribution < 1.29 is 0 Å². The van der Waals surface area contributed by atoms with Gasteiger partial charge in [0, 0.05) is 22.2 Å². The van der Waals surface area contributed by atoms with Gasteiger partial charge >= 0.3 is 5.69 Å². The molecule has 2 aromatic rings. The van der Waals surface area contributed by atoms with Gasteiger partial charge in [0.15, 0.2) is 0 Å². The summed E-state index contributed by atoms with van der Waals surface area (Å²) in [6.45, 7) is 2.07. The summed E-state index contributed by atoms with van der Waals surface area (Å²) < 4.78 is 0. The number of aromatic nitrogens is 2. The molecule has 0 saturated carbocycles. The Labute approximate surface area is 138 Å². The zero-order chi connectivity index (χ0) is 15.4. The van der Waals surface area contributed by atoms with E-state index in [0.717, 1.165) is 33.6 Å². The van der Waals surface area contributed by atoms with Crippen molar-refractivity contribution in [1.29, 1.82) is 0 Å². The smallest absolute Gasteiger partial charge is 0.306 e. The number of aromatic amines is 2. The maximum absolute atomic E-state index is 11.5. The molecule has 1 aromatic carbocycles. The van der Waals surface area contributed by atoms with Crippen LogP contribution in [0.3, 0.4) is 0 Å². The first kappa shape index (κ1) is 14.7. The minimum atomic E-state index is -0.198. The molecule has 0 amide bonds. The van der Waals surface area contributed by atoms with E-state index in [1.54, 1.807) is 0 Å². The fraction of sp³-hybridized carbons (Fsp3) is 0.562. The van der Waals surface area contributed by atoms with Crippen LogP contribution in [0.4, 0.5) is 0 Å². The normalized spacial score (nSPS) is 28.6. The summed E-state index contributed by atoms with van der Waals surface area (Å²) in [7, 11) is 2.26. The van der Waals surface area contributed by atoms with Crippen LogP contribution < -0.4 is 5.69 Å². The maximum Gasteiger partial charge on any atom is 0.323 e. The van der Waals surface area contributed by atoms with E-state index in [0.29, 0.717) is 10.3 Å². The van der Waals surface area contributed by atoms with E-state index in [1.807, 2.05) is 17.8 Å². The van der Waals surface area contributed by atoms with E-state index in [4.69, 9.17) is 11.6 Å². The Morgan fingerprint density at radius 3 is 2.64 bits per heavy atom. The summed E-state index contributed by atoms with van der Waals surface area (Å²) >= 11 is 8.47. The molecule has 3 heterocycles. The standard InChI is InChI=1S/C16H20ClN3OS/c1-8-5-12-14(19-16(21)18-12)13(17)15(8)22-11-6-9-3-4-10(7-11)20(9)2/h5,9-11H,3-4,6-7H2,1-2H3,(H2,18,19,21). The van der Waals surface area contributed by atoms with E-state index in [9.17, 15) is 4.79 Å². The minimum Gasteiger partial charge on any atom is -0.306 e. The molecule has 2 fully saturated rings. The van der Waals surface area contributed by atoms with Gasteiger partial charge in [0.05, 0.1) is 16.1 Å². The third-order valence-corrected chi connectivity index (χ3v) is 7.20. The van der Waals surface area contributed by atoms with Gasteiger partial charge in [0.1, 0.15) is 0 Å². The lowest BCUT2D eigenvalue weighted by Gasteiger charge is -2.36. The molecule has 118 valence electrons. The lowest BCUT2D eigenvalue weighted by molar-refractivity contribution is 0.183. The van der Waals surface area contributed by atoms with E-state index in [-0.39, 0.29) is 5.69 Å². The Hall–Kier alpha value is -0.910. The first-order chi connectivity index (χ1) is 10.5. The molecule has 22 heavy (non-hydrogen) atoms. The third-order valence-electron chi connectivity index (χ3n) is 5.23. The number of hydrogen-bond acceptors (Lipinski definition) is 3. The minimum absolute atomic E-state index is 0.198. The molecule has 2 aliphatic rings. The summed E-state index contributed by atoms with van der Waals surface area (Å²) in [4.78, 5) is 20.8. The predicted molar refractivity (Wildman–Crippen MR) is 92.1 cm³/mol. The molecule has 2 N–H and O–H groups in total. The Balaban J connectivity index is 1.66. The number of hydrogen-bond donors (Lipinski definition) is 2. The highest BCUT2D eigenvalue weighted by atomic mass is 35.5. The van der Waals surface area contributed by atoms with Crippen molar-refractivity contribution in [3.05, 3.63) is 27.1 Å².